The van der Waals surface area contributed by atoms with Gasteiger partial charge in [-0.2, -0.15) is 0 Å². The van der Waals surface area contributed by atoms with Crippen LogP contribution in [0.2, 0.25) is 0 Å². The number of rotatable bonds is 15. The second-order valence-electron chi connectivity index (χ2n) is 14.4. The molecule has 15 heteroatoms. The maximum absolute atomic E-state index is 13.9. The lowest BCUT2D eigenvalue weighted by molar-refractivity contribution is -0.144. The predicted octanol–water partition coefficient (Wildman–Crippen LogP) is 3.58. The summed E-state index contributed by atoms with van der Waals surface area (Å²) in [6, 6.07) is 6.99. The summed E-state index contributed by atoms with van der Waals surface area (Å²) in [5.41, 5.74) is 1.79. The third kappa shape index (κ3) is 8.20. The van der Waals surface area contributed by atoms with E-state index in [4.69, 9.17) is 14.2 Å². The largest absolute Gasteiger partial charge is 0.492 e. The van der Waals surface area contributed by atoms with Crippen LogP contribution in [-0.4, -0.2) is 101 Å². The van der Waals surface area contributed by atoms with Gasteiger partial charge in [0, 0.05) is 41.7 Å². The van der Waals surface area contributed by atoms with Crippen molar-refractivity contribution in [2.75, 3.05) is 33.4 Å². The first-order valence-corrected chi connectivity index (χ1v) is 18.3. The number of aromatic amines is 2. The number of ether oxygens (including phenoxy) is 3. The maximum Gasteiger partial charge on any atom is 0.354 e. The number of hydrogen-bond acceptors (Lipinski definition) is 9. The molecule has 290 valence electrons. The van der Waals surface area contributed by atoms with Crippen LogP contribution < -0.4 is 20.7 Å². The van der Waals surface area contributed by atoms with Crippen molar-refractivity contribution in [1.29, 1.82) is 0 Å². The van der Waals surface area contributed by atoms with Crippen molar-refractivity contribution in [2.24, 2.45) is 11.8 Å². The number of likely N-dealkylation sites (tertiary alicyclic amines) is 1. The fraction of sp³-hybridized carbons (Fsp3) is 0.487. The fourth-order valence-corrected chi connectivity index (χ4v) is 6.94. The summed E-state index contributed by atoms with van der Waals surface area (Å²) < 4.78 is 16.2. The Balaban J connectivity index is 1.18. The maximum atomic E-state index is 13.9. The molecule has 0 spiro atoms. The zero-order valence-corrected chi connectivity index (χ0v) is 32.0. The van der Waals surface area contributed by atoms with Crippen LogP contribution >= 0.6 is 0 Å². The third-order valence-electron chi connectivity index (χ3n) is 9.93. The first-order valence-electron chi connectivity index (χ1n) is 18.3. The second-order valence-corrected chi connectivity index (χ2v) is 14.4. The SMILES string of the molecule is CCOC(C)(C)C(=O)N[C@@H](C)C(=O)NC(C(=O)NCCOc1ccc2[nH]c(C(=O)N3C[C@@H](CC)C4C3=CC(=O)c3[nH]c(C(=O)OC)cc34)cc2c1)C(C)C. The van der Waals surface area contributed by atoms with E-state index in [0.717, 1.165) is 11.8 Å². The molecule has 0 bridgehead atoms. The van der Waals surface area contributed by atoms with Crippen LogP contribution in [0.15, 0.2) is 42.1 Å². The molecule has 1 fully saturated rings. The van der Waals surface area contributed by atoms with Crippen LogP contribution in [0, 0.1) is 11.8 Å². The van der Waals surface area contributed by atoms with Gasteiger partial charge in [0.1, 0.15) is 41.4 Å². The molecular weight excluding hydrogens is 696 g/mol. The Morgan fingerprint density at radius 1 is 0.981 bits per heavy atom. The lowest BCUT2D eigenvalue weighted by Crippen LogP contribution is -2.57. The molecule has 5 rings (SSSR count). The number of esters is 1. The van der Waals surface area contributed by atoms with Crippen LogP contribution in [0.5, 0.6) is 5.75 Å². The summed E-state index contributed by atoms with van der Waals surface area (Å²) >= 11 is 0. The Morgan fingerprint density at radius 2 is 1.72 bits per heavy atom. The average molecular weight is 747 g/mol. The van der Waals surface area contributed by atoms with Gasteiger partial charge in [-0.1, -0.05) is 27.2 Å². The van der Waals surface area contributed by atoms with Gasteiger partial charge in [0.05, 0.1) is 19.3 Å². The number of nitrogens with zero attached hydrogens (tertiary/aromatic N) is 1. The minimum Gasteiger partial charge on any atom is -0.492 e. The number of fused-ring (bicyclic) bond motifs is 4. The molecule has 1 saturated heterocycles. The first kappa shape index (κ1) is 39.8. The second kappa shape index (κ2) is 16.3. The molecule has 15 nitrogen and oxygen atoms in total. The molecule has 1 aliphatic carbocycles. The molecule has 5 N–H and O–H groups in total. The minimum atomic E-state index is -1.11. The molecule has 2 aliphatic rings. The van der Waals surface area contributed by atoms with E-state index in [2.05, 4.69) is 25.9 Å². The summed E-state index contributed by atoms with van der Waals surface area (Å²) in [6.45, 7) is 13.3. The van der Waals surface area contributed by atoms with Crippen molar-refractivity contribution in [3.63, 3.8) is 0 Å². The van der Waals surface area contributed by atoms with Gasteiger partial charge in [-0.15, -0.1) is 0 Å². The van der Waals surface area contributed by atoms with Gasteiger partial charge in [-0.3, -0.25) is 24.0 Å². The first-order chi connectivity index (χ1) is 25.6. The molecule has 0 radical (unpaired) electrons. The van der Waals surface area contributed by atoms with E-state index < -0.39 is 35.5 Å². The number of nitrogens with one attached hydrogen (secondary N) is 5. The van der Waals surface area contributed by atoms with Crippen molar-refractivity contribution >= 4 is 46.3 Å². The monoisotopic (exact) mass is 746 g/mol. The molecule has 4 amide bonds. The van der Waals surface area contributed by atoms with E-state index in [0.29, 0.717) is 47.1 Å². The molecular formula is C39H50N6O9. The van der Waals surface area contributed by atoms with Gasteiger partial charge < -0.3 is 45.0 Å². The quantitative estimate of drug-likeness (QED) is 0.114. The van der Waals surface area contributed by atoms with Crippen molar-refractivity contribution in [3.8, 4) is 5.75 Å². The highest BCUT2D eigenvalue weighted by atomic mass is 16.5. The number of allylic oxidation sites excluding steroid dienone is 2. The highest BCUT2D eigenvalue weighted by molar-refractivity contribution is 6.09. The van der Waals surface area contributed by atoms with Crippen molar-refractivity contribution in [3.05, 3.63) is 64.8 Å². The number of methoxy groups -OCH3 is 1. The summed E-state index contributed by atoms with van der Waals surface area (Å²) in [5, 5.41) is 8.91. The molecule has 3 aromatic rings. The van der Waals surface area contributed by atoms with E-state index in [1.165, 1.54) is 13.2 Å². The van der Waals surface area contributed by atoms with Gasteiger partial charge in [-0.25, -0.2) is 4.79 Å². The van der Waals surface area contributed by atoms with Gasteiger partial charge in [0.15, 0.2) is 0 Å². The van der Waals surface area contributed by atoms with Gasteiger partial charge in [-0.05, 0) is 75.4 Å². The van der Waals surface area contributed by atoms with Crippen molar-refractivity contribution < 1.29 is 43.0 Å². The molecule has 54 heavy (non-hydrogen) atoms. The Kier molecular flexibility index (Phi) is 12.0. The van der Waals surface area contributed by atoms with Crippen molar-refractivity contribution in [2.45, 2.75) is 78.5 Å². The lowest BCUT2D eigenvalue weighted by atomic mass is 9.81. The molecule has 1 aliphatic heterocycles. The topological polar surface area (TPSA) is 201 Å². The average Bonchev–Trinajstić information content (AvgIpc) is 3.86. The van der Waals surface area contributed by atoms with E-state index >= 15 is 0 Å². The number of hydrogen-bond donors (Lipinski definition) is 5. The minimum absolute atomic E-state index is 0.0417. The van der Waals surface area contributed by atoms with Crippen LogP contribution in [0.25, 0.3) is 10.9 Å². The molecule has 1 aromatic carbocycles. The summed E-state index contributed by atoms with van der Waals surface area (Å²) in [4.78, 5) is 85.5. The zero-order valence-electron chi connectivity index (χ0n) is 32.0. The summed E-state index contributed by atoms with van der Waals surface area (Å²) in [7, 11) is 1.28. The van der Waals surface area contributed by atoms with Gasteiger partial charge in [0.2, 0.25) is 17.6 Å². The Morgan fingerprint density at radius 3 is 2.39 bits per heavy atom. The van der Waals surface area contributed by atoms with Gasteiger partial charge in [0.25, 0.3) is 11.8 Å². The van der Waals surface area contributed by atoms with E-state index in [1.54, 1.807) is 62.9 Å². The smallest absolute Gasteiger partial charge is 0.354 e. The number of benzene rings is 1. The van der Waals surface area contributed by atoms with Gasteiger partial charge >= 0.3 is 5.97 Å². The fourth-order valence-electron chi connectivity index (χ4n) is 6.94. The Labute approximate surface area is 313 Å². The predicted molar refractivity (Wildman–Crippen MR) is 199 cm³/mol. The molecule has 2 unspecified atom stereocenters. The highest BCUT2D eigenvalue weighted by Crippen LogP contribution is 2.47. The Hall–Kier alpha value is -5.44. The summed E-state index contributed by atoms with van der Waals surface area (Å²) in [5.74, 6) is -2.37. The molecule has 0 saturated carbocycles. The normalized spacial score (nSPS) is 17.7. The van der Waals surface area contributed by atoms with Crippen LogP contribution in [-0.2, 0) is 23.9 Å². The number of carbonyl (C=O) groups is 6. The zero-order chi connectivity index (χ0) is 39.5. The highest BCUT2D eigenvalue weighted by Gasteiger charge is 2.45. The standard InChI is InChI=1S/C39H50N6O9/c1-9-22-19-45(29-18-30(46)33-25(31(22)29)17-28(43-33)37(50)52-8)36(49)27-16-23-15-24(11-12-26(23)42-27)53-14-13-40-35(48)32(20(3)4)44-34(47)21(5)41-38(51)39(6,7)54-10-2/h11-12,15-18,20-22,31-32,42-43H,9-10,13-14,19H2,1-8H3,(H,40,48)(H,41,51)(H,44,47)/t21-,22+,31?,32?/m0/s1. The summed E-state index contributed by atoms with van der Waals surface area (Å²) in [6.07, 6.45) is 2.24. The van der Waals surface area contributed by atoms with Crippen molar-refractivity contribution in [1.82, 2.24) is 30.8 Å². The van der Waals surface area contributed by atoms with Crippen LogP contribution in [0.3, 0.4) is 0 Å². The van der Waals surface area contributed by atoms with Crippen LogP contribution in [0.4, 0.5) is 0 Å². The number of aromatic nitrogens is 2. The number of amides is 4. The molecule has 4 atom stereocenters. The van der Waals surface area contributed by atoms with Crippen LogP contribution in [0.1, 0.15) is 97.8 Å². The molecule has 2 aromatic heterocycles. The van der Waals surface area contributed by atoms with E-state index in [9.17, 15) is 28.8 Å². The van der Waals surface area contributed by atoms with E-state index in [1.807, 2.05) is 20.8 Å². The lowest BCUT2D eigenvalue weighted by Gasteiger charge is -2.27. The molecule has 3 heterocycles. The number of ketones is 1. The third-order valence-corrected chi connectivity index (χ3v) is 9.93. The number of H-pyrrole nitrogens is 2. The Bertz CT molecular complexity index is 1970. The van der Waals surface area contributed by atoms with E-state index in [-0.39, 0.29) is 54.2 Å². The number of carbonyl (C=O) groups excluding carboxylic acids is 6.